The molecule has 1 heterocycles. The molecule has 2 unspecified atom stereocenters. The Morgan fingerprint density at radius 3 is 2.80 bits per heavy atom. The van der Waals surface area contributed by atoms with Crippen LogP contribution < -0.4 is 5.73 Å². The smallest absolute Gasteiger partial charge is 0.183 e. The number of fused-ring (bicyclic) bond motifs is 1. The van der Waals surface area contributed by atoms with Crippen LogP contribution in [-0.4, -0.2) is 19.7 Å². The average Bonchev–Trinajstić information content (AvgIpc) is 2.37. The van der Waals surface area contributed by atoms with Crippen LogP contribution in [0.3, 0.4) is 0 Å². The molecule has 0 radical (unpaired) electrons. The van der Waals surface area contributed by atoms with Gasteiger partial charge < -0.3 is 5.73 Å². The number of hydrogen-bond acceptors (Lipinski definition) is 3. The van der Waals surface area contributed by atoms with E-state index < -0.39 is 15.1 Å². The van der Waals surface area contributed by atoms with Crippen molar-refractivity contribution in [2.45, 2.75) is 29.5 Å². The van der Waals surface area contributed by atoms with Crippen molar-refractivity contribution in [1.82, 2.24) is 0 Å². The van der Waals surface area contributed by atoms with E-state index in [1.807, 2.05) is 0 Å². The Kier molecular flexibility index (Phi) is 2.53. The van der Waals surface area contributed by atoms with Crippen LogP contribution in [0.5, 0.6) is 0 Å². The summed E-state index contributed by atoms with van der Waals surface area (Å²) in [5, 5.41) is 0.0558. The summed E-state index contributed by atoms with van der Waals surface area (Å²) in [6.45, 7) is 1.72. The third-order valence-electron chi connectivity index (χ3n) is 2.74. The van der Waals surface area contributed by atoms with Crippen molar-refractivity contribution in [2.24, 2.45) is 5.73 Å². The number of hydrogen-bond donors (Lipinski definition) is 1. The highest BCUT2D eigenvalue weighted by molar-refractivity contribution is 7.92. The predicted molar refractivity (Wildman–Crippen MR) is 59.8 cm³/mol. The van der Waals surface area contributed by atoms with Crippen molar-refractivity contribution in [3.8, 4) is 0 Å². The van der Waals surface area contributed by atoms with Gasteiger partial charge in [0, 0.05) is 11.1 Å². The first-order chi connectivity index (χ1) is 6.93. The van der Waals surface area contributed by atoms with Crippen molar-refractivity contribution < 1.29 is 8.42 Å². The summed E-state index contributed by atoms with van der Waals surface area (Å²) in [6, 6.07) is 4.51. The molecular formula is C10H12ClNO2S. The Balaban J connectivity index is 2.57. The van der Waals surface area contributed by atoms with Gasteiger partial charge in [-0.3, -0.25) is 0 Å². The summed E-state index contributed by atoms with van der Waals surface area (Å²) in [6.07, 6.45) is 0.468. The highest BCUT2D eigenvalue weighted by Crippen LogP contribution is 2.33. The van der Waals surface area contributed by atoms with Crippen molar-refractivity contribution in [2.75, 3.05) is 0 Å². The second-order valence-electron chi connectivity index (χ2n) is 3.90. The van der Waals surface area contributed by atoms with Crippen molar-refractivity contribution >= 4 is 21.4 Å². The first-order valence-corrected chi connectivity index (χ1v) is 6.63. The number of halogens is 1. The van der Waals surface area contributed by atoms with Crippen LogP contribution in [0.1, 0.15) is 12.5 Å². The summed E-state index contributed by atoms with van der Waals surface area (Å²) >= 11 is 5.82. The number of nitrogens with two attached hydrogens (primary N) is 1. The lowest BCUT2D eigenvalue weighted by molar-refractivity contribution is 0.569. The van der Waals surface area contributed by atoms with Gasteiger partial charge in [0.25, 0.3) is 0 Å². The molecule has 0 fully saturated rings. The molecule has 0 saturated heterocycles. The van der Waals surface area contributed by atoms with E-state index in [0.717, 1.165) is 5.56 Å². The van der Waals surface area contributed by atoms with Crippen LogP contribution in [0, 0.1) is 0 Å². The molecule has 1 aliphatic heterocycles. The maximum absolute atomic E-state index is 12.0. The molecule has 3 nitrogen and oxygen atoms in total. The van der Waals surface area contributed by atoms with Crippen LogP contribution in [0.4, 0.5) is 0 Å². The Hall–Kier alpha value is -0.580. The third-order valence-corrected chi connectivity index (χ3v) is 5.37. The van der Waals surface area contributed by atoms with E-state index in [1.54, 1.807) is 25.1 Å². The average molecular weight is 246 g/mol. The van der Waals surface area contributed by atoms with Crippen molar-refractivity contribution in [1.29, 1.82) is 0 Å². The molecule has 2 N–H and O–H groups in total. The minimum Gasteiger partial charge on any atom is -0.327 e. The van der Waals surface area contributed by atoms with E-state index in [2.05, 4.69) is 0 Å². The molecule has 0 bridgehead atoms. The van der Waals surface area contributed by atoms with E-state index in [0.29, 0.717) is 16.3 Å². The van der Waals surface area contributed by atoms with E-state index in [1.165, 1.54) is 0 Å². The molecule has 2 rings (SSSR count). The molecular weight excluding hydrogens is 234 g/mol. The van der Waals surface area contributed by atoms with Gasteiger partial charge >= 0.3 is 0 Å². The minimum absolute atomic E-state index is 0.360. The van der Waals surface area contributed by atoms with Gasteiger partial charge in [0.05, 0.1) is 10.1 Å². The zero-order chi connectivity index (χ0) is 11.2. The predicted octanol–water partition coefficient (Wildman–Crippen LogP) is 1.39. The van der Waals surface area contributed by atoms with Crippen molar-refractivity contribution in [3.05, 3.63) is 28.8 Å². The lowest BCUT2D eigenvalue weighted by atomic mass is 10.1. The lowest BCUT2D eigenvalue weighted by Crippen LogP contribution is -2.36. The Bertz CT molecular complexity index is 496. The SMILES string of the molecule is CC(N)C1Cc2cc(Cl)ccc2S1(=O)=O. The zero-order valence-electron chi connectivity index (χ0n) is 8.27. The monoisotopic (exact) mass is 245 g/mol. The van der Waals surface area contributed by atoms with Crippen LogP contribution in [0.2, 0.25) is 5.02 Å². The normalized spacial score (nSPS) is 24.9. The van der Waals surface area contributed by atoms with Gasteiger partial charge in [-0.15, -0.1) is 0 Å². The standard InChI is InChI=1S/C10H12ClNO2S/c1-6(12)10-5-7-4-8(11)2-3-9(7)15(10,13)14/h2-4,6,10H,5,12H2,1H3. The number of sulfone groups is 1. The van der Waals surface area contributed by atoms with Crippen LogP contribution in [0.15, 0.2) is 23.1 Å². The highest BCUT2D eigenvalue weighted by atomic mass is 35.5. The van der Waals surface area contributed by atoms with Gasteiger partial charge in [0.1, 0.15) is 0 Å². The van der Waals surface area contributed by atoms with Gasteiger partial charge in [-0.2, -0.15) is 0 Å². The Morgan fingerprint density at radius 2 is 2.20 bits per heavy atom. The van der Waals surface area contributed by atoms with Crippen LogP contribution in [-0.2, 0) is 16.3 Å². The van der Waals surface area contributed by atoms with Crippen LogP contribution >= 0.6 is 11.6 Å². The third kappa shape index (κ3) is 1.67. The van der Waals surface area contributed by atoms with E-state index in [9.17, 15) is 8.42 Å². The second kappa shape index (κ2) is 3.47. The molecule has 0 amide bonds. The largest absolute Gasteiger partial charge is 0.327 e. The first kappa shape index (κ1) is 10.9. The topological polar surface area (TPSA) is 60.2 Å². The molecule has 1 aromatic rings. The summed E-state index contributed by atoms with van der Waals surface area (Å²) < 4.78 is 24.0. The summed E-state index contributed by atoms with van der Waals surface area (Å²) in [4.78, 5) is 0.384. The zero-order valence-corrected chi connectivity index (χ0v) is 9.85. The van der Waals surface area contributed by atoms with Gasteiger partial charge in [-0.05, 0) is 37.1 Å². The van der Waals surface area contributed by atoms with Gasteiger partial charge in [-0.1, -0.05) is 11.6 Å². The fourth-order valence-electron chi connectivity index (χ4n) is 1.94. The molecule has 5 heteroatoms. The fourth-order valence-corrected chi connectivity index (χ4v) is 4.19. The Morgan fingerprint density at radius 1 is 1.53 bits per heavy atom. The maximum atomic E-state index is 12.0. The molecule has 0 spiro atoms. The van der Waals surface area contributed by atoms with Gasteiger partial charge in [0.15, 0.2) is 9.84 Å². The van der Waals surface area contributed by atoms with Gasteiger partial charge in [0.2, 0.25) is 0 Å². The van der Waals surface area contributed by atoms with Crippen molar-refractivity contribution in [3.63, 3.8) is 0 Å². The highest BCUT2D eigenvalue weighted by Gasteiger charge is 2.38. The maximum Gasteiger partial charge on any atom is 0.183 e. The summed E-state index contributed by atoms with van der Waals surface area (Å²) in [5.41, 5.74) is 6.46. The minimum atomic E-state index is -3.25. The number of rotatable bonds is 1. The van der Waals surface area contributed by atoms with Crippen LogP contribution in [0.25, 0.3) is 0 Å². The summed E-state index contributed by atoms with van der Waals surface area (Å²) in [5.74, 6) is 0. The quantitative estimate of drug-likeness (QED) is 0.813. The molecule has 15 heavy (non-hydrogen) atoms. The van der Waals surface area contributed by atoms with E-state index >= 15 is 0 Å². The molecule has 1 aliphatic rings. The molecule has 82 valence electrons. The van der Waals surface area contributed by atoms with E-state index in [4.69, 9.17) is 17.3 Å². The van der Waals surface area contributed by atoms with E-state index in [-0.39, 0.29) is 6.04 Å². The first-order valence-electron chi connectivity index (χ1n) is 4.71. The van der Waals surface area contributed by atoms with Gasteiger partial charge in [-0.25, -0.2) is 8.42 Å². The lowest BCUT2D eigenvalue weighted by Gasteiger charge is -2.12. The fraction of sp³-hybridized carbons (Fsp3) is 0.400. The summed E-state index contributed by atoms with van der Waals surface area (Å²) in [7, 11) is -3.25. The molecule has 1 aromatic carbocycles. The second-order valence-corrected chi connectivity index (χ2v) is 6.47. The number of benzene rings is 1. The molecule has 0 aliphatic carbocycles. The Labute approximate surface area is 94.2 Å². The molecule has 2 atom stereocenters. The molecule has 0 saturated carbocycles. The molecule has 0 aromatic heterocycles.